The third kappa shape index (κ3) is 2.95. The van der Waals surface area contributed by atoms with Crippen LogP contribution in [0.2, 0.25) is 0 Å². The van der Waals surface area contributed by atoms with Crippen molar-refractivity contribution in [2.75, 3.05) is 32.0 Å². The van der Waals surface area contributed by atoms with Crippen molar-refractivity contribution >= 4 is 15.9 Å². The molecule has 0 saturated carbocycles. The van der Waals surface area contributed by atoms with Crippen molar-refractivity contribution in [1.82, 2.24) is 9.80 Å². The summed E-state index contributed by atoms with van der Waals surface area (Å²) in [5.74, 6) is 0. The summed E-state index contributed by atoms with van der Waals surface area (Å²) in [4.78, 5) is 5.25. The van der Waals surface area contributed by atoms with Crippen molar-refractivity contribution in [2.24, 2.45) is 0 Å². The molecule has 0 N–H and O–H groups in total. The van der Waals surface area contributed by atoms with E-state index in [0.29, 0.717) is 0 Å². The van der Waals surface area contributed by atoms with Crippen LogP contribution in [0.1, 0.15) is 32.1 Å². The molecule has 3 heteroatoms. The van der Waals surface area contributed by atoms with Crippen LogP contribution in [0, 0.1) is 0 Å². The van der Waals surface area contributed by atoms with E-state index < -0.39 is 0 Å². The van der Waals surface area contributed by atoms with Crippen LogP contribution in [-0.4, -0.2) is 53.9 Å². The second-order valence-corrected chi connectivity index (χ2v) is 5.72. The standard InChI is InChI=1S/C12H23BrN2/c1-14-7-4-6-12(14)10-15-8-3-2-5-11(15)9-13/h11-12H,2-10H2,1H3. The summed E-state index contributed by atoms with van der Waals surface area (Å²) in [6.45, 7) is 3.92. The molecule has 2 unspecified atom stereocenters. The van der Waals surface area contributed by atoms with Gasteiger partial charge >= 0.3 is 0 Å². The number of likely N-dealkylation sites (tertiary alicyclic amines) is 2. The number of halogens is 1. The monoisotopic (exact) mass is 274 g/mol. The molecule has 2 nitrogen and oxygen atoms in total. The lowest BCUT2D eigenvalue weighted by atomic mass is 10.0. The minimum absolute atomic E-state index is 0.799. The van der Waals surface area contributed by atoms with Gasteiger partial charge in [0.2, 0.25) is 0 Å². The fourth-order valence-electron chi connectivity index (χ4n) is 2.96. The SMILES string of the molecule is CN1CCCC1CN1CCCCC1CBr. The molecule has 0 radical (unpaired) electrons. The first-order chi connectivity index (χ1) is 7.31. The van der Waals surface area contributed by atoms with E-state index in [0.717, 1.165) is 17.4 Å². The molecule has 2 atom stereocenters. The lowest BCUT2D eigenvalue weighted by molar-refractivity contribution is 0.125. The Bertz CT molecular complexity index is 198. The van der Waals surface area contributed by atoms with Crippen LogP contribution in [0.4, 0.5) is 0 Å². The van der Waals surface area contributed by atoms with Gasteiger partial charge in [0, 0.05) is 24.0 Å². The van der Waals surface area contributed by atoms with Crippen molar-refractivity contribution in [3.8, 4) is 0 Å². The number of rotatable bonds is 3. The molecule has 15 heavy (non-hydrogen) atoms. The lowest BCUT2D eigenvalue weighted by Crippen LogP contribution is -2.47. The molecule has 0 aromatic rings. The van der Waals surface area contributed by atoms with E-state index in [1.54, 1.807) is 0 Å². The van der Waals surface area contributed by atoms with Crippen molar-refractivity contribution in [1.29, 1.82) is 0 Å². The zero-order valence-corrected chi connectivity index (χ0v) is 11.4. The van der Waals surface area contributed by atoms with Crippen LogP contribution < -0.4 is 0 Å². The highest BCUT2D eigenvalue weighted by Gasteiger charge is 2.27. The molecule has 0 spiro atoms. The number of likely N-dealkylation sites (N-methyl/N-ethyl adjacent to an activating group) is 1. The Morgan fingerprint density at radius 3 is 2.53 bits per heavy atom. The maximum absolute atomic E-state index is 3.66. The first-order valence-electron chi connectivity index (χ1n) is 6.31. The first kappa shape index (κ1) is 11.9. The molecule has 2 aliphatic heterocycles. The quantitative estimate of drug-likeness (QED) is 0.729. The van der Waals surface area contributed by atoms with Gasteiger partial charge in [-0.25, -0.2) is 0 Å². The minimum atomic E-state index is 0.799. The zero-order chi connectivity index (χ0) is 10.7. The van der Waals surface area contributed by atoms with Crippen LogP contribution in [-0.2, 0) is 0 Å². The van der Waals surface area contributed by atoms with Crippen LogP contribution in [0.15, 0.2) is 0 Å². The molecule has 0 aliphatic carbocycles. The second kappa shape index (κ2) is 5.65. The van der Waals surface area contributed by atoms with Gasteiger partial charge in [-0.15, -0.1) is 0 Å². The van der Waals surface area contributed by atoms with Gasteiger partial charge < -0.3 is 4.90 Å². The summed E-state index contributed by atoms with van der Waals surface area (Å²) in [5.41, 5.74) is 0. The number of nitrogens with zero attached hydrogens (tertiary/aromatic N) is 2. The van der Waals surface area contributed by atoms with Crippen molar-refractivity contribution < 1.29 is 0 Å². The Balaban J connectivity index is 1.85. The molecule has 0 aromatic heterocycles. The third-order valence-corrected chi connectivity index (χ3v) is 4.79. The number of alkyl halides is 1. The highest BCUT2D eigenvalue weighted by molar-refractivity contribution is 9.09. The Kier molecular flexibility index (Phi) is 4.47. The van der Waals surface area contributed by atoms with E-state index in [9.17, 15) is 0 Å². The number of hydrogen-bond donors (Lipinski definition) is 0. The zero-order valence-electron chi connectivity index (χ0n) is 9.79. The van der Waals surface area contributed by atoms with Crippen LogP contribution in [0.5, 0.6) is 0 Å². The topological polar surface area (TPSA) is 6.48 Å². The molecule has 2 fully saturated rings. The van der Waals surface area contributed by atoms with Crippen LogP contribution in [0.3, 0.4) is 0 Å². The molecular weight excluding hydrogens is 252 g/mol. The average molecular weight is 275 g/mol. The fourth-order valence-corrected chi connectivity index (χ4v) is 3.69. The first-order valence-corrected chi connectivity index (χ1v) is 7.43. The van der Waals surface area contributed by atoms with E-state index in [1.807, 2.05) is 0 Å². The second-order valence-electron chi connectivity index (χ2n) is 5.08. The predicted molar refractivity (Wildman–Crippen MR) is 68.7 cm³/mol. The number of piperidine rings is 1. The summed E-state index contributed by atoms with van der Waals surface area (Å²) in [6.07, 6.45) is 7.02. The summed E-state index contributed by atoms with van der Waals surface area (Å²) >= 11 is 3.66. The predicted octanol–water partition coefficient (Wildman–Crippen LogP) is 2.33. The lowest BCUT2D eigenvalue weighted by Gasteiger charge is -2.37. The van der Waals surface area contributed by atoms with Crippen molar-refractivity contribution in [3.63, 3.8) is 0 Å². The maximum atomic E-state index is 3.66. The van der Waals surface area contributed by atoms with Crippen molar-refractivity contribution in [2.45, 2.75) is 44.2 Å². The van der Waals surface area contributed by atoms with Crippen molar-refractivity contribution in [3.05, 3.63) is 0 Å². The highest BCUT2D eigenvalue weighted by atomic mass is 79.9. The van der Waals surface area contributed by atoms with Gasteiger partial charge in [0.25, 0.3) is 0 Å². The van der Waals surface area contributed by atoms with Gasteiger partial charge in [-0.2, -0.15) is 0 Å². The van der Waals surface area contributed by atoms with Gasteiger partial charge in [0.05, 0.1) is 0 Å². The van der Waals surface area contributed by atoms with E-state index >= 15 is 0 Å². The molecule has 2 aliphatic rings. The summed E-state index contributed by atoms with van der Waals surface area (Å²) in [7, 11) is 2.28. The Morgan fingerprint density at radius 2 is 1.87 bits per heavy atom. The number of hydrogen-bond acceptors (Lipinski definition) is 2. The van der Waals surface area contributed by atoms with Crippen LogP contribution in [0.25, 0.3) is 0 Å². The Labute approximate surface area is 102 Å². The molecular formula is C12H23BrN2. The molecule has 0 amide bonds. The molecule has 88 valence electrons. The molecule has 2 rings (SSSR count). The third-order valence-electron chi connectivity index (χ3n) is 4.04. The van der Waals surface area contributed by atoms with Gasteiger partial charge in [-0.3, -0.25) is 4.90 Å². The van der Waals surface area contributed by atoms with Gasteiger partial charge in [0.15, 0.2) is 0 Å². The summed E-state index contributed by atoms with van der Waals surface area (Å²) < 4.78 is 0. The molecule has 0 bridgehead atoms. The van der Waals surface area contributed by atoms with E-state index in [2.05, 4.69) is 32.8 Å². The highest BCUT2D eigenvalue weighted by Crippen LogP contribution is 2.22. The smallest absolute Gasteiger partial charge is 0.0220 e. The molecule has 2 saturated heterocycles. The van der Waals surface area contributed by atoms with E-state index in [-0.39, 0.29) is 0 Å². The maximum Gasteiger partial charge on any atom is 0.0220 e. The normalized spacial score (nSPS) is 34.8. The van der Waals surface area contributed by atoms with Gasteiger partial charge in [-0.05, 0) is 45.8 Å². The largest absolute Gasteiger partial charge is 0.302 e. The summed E-state index contributed by atoms with van der Waals surface area (Å²) in [6, 6.07) is 1.62. The Morgan fingerprint density at radius 1 is 1.07 bits per heavy atom. The molecule has 2 heterocycles. The van der Waals surface area contributed by atoms with Gasteiger partial charge in [-0.1, -0.05) is 22.4 Å². The molecule has 0 aromatic carbocycles. The average Bonchev–Trinajstić information content (AvgIpc) is 2.65. The Hall–Kier alpha value is 0.400. The van der Waals surface area contributed by atoms with E-state index in [1.165, 1.54) is 51.7 Å². The summed E-state index contributed by atoms with van der Waals surface area (Å²) in [5, 5.41) is 1.16. The van der Waals surface area contributed by atoms with Gasteiger partial charge in [0.1, 0.15) is 0 Å². The minimum Gasteiger partial charge on any atom is -0.302 e. The fraction of sp³-hybridized carbons (Fsp3) is 1.00. The van der Waals surface area contributed by atoms with Crippen LogP contribution >= 0.6 is 15.9 Å². The van der Waals surface area contributed by atoms with E-state index in [4.69, 9.17) is 0 Å².